The first-order chi connectivity index (χ1) is 9.24. The zero-order valence-corrected chi connectivity index (χ0v) is 11.7. The number of hydrogen-bond donors (Lipinski definition) is 2. The predicted molar refractivity (Wildman–Crippen MR) is 74.8 cm³/mol. The normalized spacial score (nSPS) is 19.3. The van der Waals surface area contributed by atoms with E-state index in [0.29, 0.717) is 12.5 Å². The molecule has 2 N–H and O–H groups in total. The van der Waals surface area contributed by atoms with Gasteiger partial charge < -0.3 is 15.2 Å². The maximum Gasteiger partial charge on any atom is 0.303 e. The van der Waals surface area contributed by atoms with Crippen LogP contribution in [-0.2, 0) is 16.0 Å². The number of nitrogens with zero attached hydrogens (tertiary/aromatic N) is 1. The van der Waals surface area contributed by atoms with Crippen LogP contribution in [0.25, 0.3) is 0 Å². The van der Waals surface area contributed by atoms with E-state index in [0.717, 1.165) is 36.8 Å². The third-order valence-electron chi connectivity index (χ3n) is 3.16. The molecule has 106 valence electrons. The summed E-state index contributed by atoms with van der Waals surface area (Å²) in [6.07, 6.45) is 5.63. The van der Waals surface area contributed by atoms with E-state index >= 15 is 0 Å². The quantitative estimate of drug-likeness (QED) is 0.805. The number of aliphatic carboxylic acids is 1. The van der Waals surface area contributed by atoms with Gasteiger partial charge in [0.05, 0.1) is 18.2 Å². The van der Waals surface area contributed by atoms with E-state index in [1.807, 2.05) is 5.38 Å². The Bertz CT molecular complexity index is 402. The lowest BCUT2D eigenvalue weighted by atomic mass is 10.1. The van der Waals surface area contributed by atoms with Crippen molar-refractivity contribution in [1.29, 1.82) is 0 Å². The van der Waals surface area contributed by atoms with Gasteiger partial charge in [-0.05, 0) is 25.7 Å². The smallest absolute Gasteiger partial charge is 0.303 e. The average Bonchev–Trinajstić information content (AvgIpc) is 2.86. The molecule has 0 aliphatic carbocycles. The molecule has 0 amide bonds. The highest BCUT2D eigenvalue weighted by atomic mass is 32.1. The van der Waals surface area contributed by atoms with Crippen molar-refractivity contribution in [2.24, 2.45) is 0 Å². The van der Waals surface area contributed by atoms with Crippen LogP contribution in [0.3, 0.4) is 0 Å². The second-order valence-electron chi connectivity index (χ2n) is 4.74. The summed E-state index contributed by atoms with van der Waals surface area (Å²) in [7, 11) is 0. The summed E-state index contributed by atoms with van der Waals surface area (Å²) < 4.78 is 5.66. The van der Waals surface area contributed by atoms with Crippen LogP contribution in [0, 0.1) is 0 Å². The summed E-state index contributed by atoms with van der Waals surface area (Å²) in [6.45, 7) is 1.75. The minimum absolute atomic E-state index is 0.138. The summed E-state index contributed by atoms with van der Waals surface area (Å²) >= 11 is 1.53. The van der Waals surface area contributed by atoms with Crippen molar-refractivity contribution < 1.29 is 14.6 Å². The Morgan fingerprint density at radius 2 is 2.47 bits per heavy atom. The molecule has 0 spiro atoms. The van der Waals surface area contributed by atoms with Crippen LogP contribution < -0.4 is 5.32 Å². The standard InChI is InChI=1S/C13H20N2O3S/c16-12(17)5-4-10-9-19-13(15-10)14-7-6-11-3-1-2-8-18-11/h9,11H,1-8H2,(H,14,15)(H,16,17). The molecular weight excluding hydrogens is 264 g/mol. The number of rotatable bonds is 7. The van der Waals surface area contributed by atoms with Crippen molar-refractivity contribution in [3.63, 3.8) is 0 Å². The van der Waals surface area contributed by atoms with E-state index < -0.39 is 5.97 Å². The van der Waals surface area contributed by atoms with E-state index in [2.05, 4.69) is 10.3 Å². The molecule has 1 fully saturated rings. The van der Waals surface area contributed by atoms with Crippen LogP contribution >= 0.6 is 11.3 Å². The highest BCUT2D eigenvalue weighted by Crippen LogP contribution is 2.18. The molecule has 1 atom stereocenters. The Morgan fingerprint density at radius 1 is 1.58 bits per heavy atom. The monoisotopic (exact) mass is 284 g/mol. The van der Waals surface area contributed by atoms with Gasteiger partial charge in [-0.3, -0.25) is 4.79 Å². The Morgan fingerprint density at radius 3 is 3.21 bits per heavy atom. The zero-order valence-electron chi connectivity index (χ0n) is 10.9. The van der Waals surface area contributed by atoms with E-state index in [-0.39, 0.29) is 6.42 Å². The Kier molecular flexibility index (Phi) is 5.60. The van der Waals surface area contributed by atoms with Gasteiger partial charge in [0.1, 0.15) is 0 Å². The zero-order chi connectivity index (χ0) is 13.5. The number of ether oxygens (including phenoxy) is 1. The molecule has 1 aromatic rings. The molecule has 1 aromatic heterocycles. The molecule has 0 saturated carbocycles. The van der Waals surface area contributed by atoms with Crippen molar-refractivity contribution in [2.75, 3.05) is 18.5 Å². The second-order valence-corrected chi connectivity index (χ2v) is 5.60. The lowest BCUT2D eigenvalue weighted by Crippen LogP contribution is -2.21. The van der Waals surface area contributed by atoms with E-state index in [1.165, 1.54) is 24.2 Å². The van der Waals surface area contributed by atoms with Gasteiger partial charge in [-0.15, -0.1) is 11.3 Å². The molecule has 1 saturated heterocycles. The summed E-state index contributed by atoms with van der Waals surface area (Å²) in [5.74, 6) is -0.781. The number of thiazole rings is 1. The number of carboxylic acid groups (broad SMARTS) is 1. The van der Waals surface area contributed by atoms with Crippen LogP contribution in [0.4, 0.5) is 5.13 Å². The molecule has 1 aliphatic rings. The highest BCUT2D eigenvalue weighted by Gasteiger charge is 2.13. The van der Waals surface area contributed by atoms with Crippen molar-refractivity contribution in [1.82, 2.24) is 4.98 Å². The van der Waals surface area contributed by atoms with Crippen molar-refractivity contribution >= 4 is 22.4 Å². The van der Waals surface area contributed by atoms with E-state index in [9.17, 15) is 4.79 Å². The third kappa shape index (κ3) is 5.16. The topological polar surface area (TPSA) is 71.5 Å². The molecule has 6 heteroatoms. The van der Waals surface area contributed by atoms with Gasteiger partial charge in [0, 0.05) is 25.0 Å². The molecule has 2 rings (SSSR count). The number of aryl methyl sites for hydroxylation is 1. The number of carboxylic acids is 1. The maximum atomic E-state index is 10.5. The van der Waals surface area contributed by atoms with Crippen molar-refractivity contribution in [2.45, 2.75) is 44.6 Å². The number of aromatic nitrogens is 1. The fraction of sp³-hybridized carbons (Fsp3) is 0.692. The van der Waals surface area contributed by atoms with Crippen molar-refractivity contribution in [3.05, 3.63) is 11.1 Å². The Hall–Kier alpha value is -1.14. The Labute approximate surface area is 117 Å². The SMILES string of the molecule is O=C(O)CCc1csc(NCCC2CCCCO2)n1. The van der Waals surface area contributed by atoms with Gasteiger partial charge in [-0.2, -0.15) is 0 Å². The van der Waals surface area contributed by atoms with E-state index in [4.69, 9.17) is 9.84 Å². The second kappa shape index (κ2) is 7.45. The van der Waals surface area contributed by atoms with E-state index in [1.54, 1.807) is 0 Å². The summed E-state index contributed by atoms with van der Waals surface area (Å²) in [5, 5.41) is 14.7. The first-order valence-electron chi connectivity index (χ1n) is 6.75. The molecule has 0 aromatic carbocycles. The fourth-order valence-electron chi connectivity index (χ4n) is 2.11. The third-order valence-corrected chi connectivity index (χ3v) is 4.01. The molecule has 1 unspecified atom stereocenters. The van der Waals surface area contributed by atoms with Gasteiger partial charge in [0.2, 0.25) is 0 Å². The molecule has 1 aliphatic heterocycles. The Balaban J connectivity index is 1.66. The summed E-state index contributed by atoms with van der Waals surface area (Å²) in [4.78, 5) is 14.8. The van der Waals surface area contributed by atoms with Crippen LogP contribution in [0.15, 0.2) is 5.38 Å². The van der Waals surface area contributed by atoms with Crippen LogP contribution in [-0.4, -0.2) is 35.3 Å². The van der Waals surface area contributed by atoms with Gasteiger partial charge in [-0.1, -0.05) is 0 Å². The van der Waals surface area contributed by atoms with Gasteiger partial charge in [0.15, 0.2) is 5.13 Å². The van der Waals surface area contributed by atoms with Crippen LogP contribution in [0.5, 0.6) is 0 Å². The number of hydrogen-bond acceptors (Lipinski definition) is 5. The molecule has 19 heavy (non-hydrogen) atoms. The fourth-order valence-corrected chi connectivity index (χ4v) is 2.89. The van der Waals surface area contributed by atoms with Gasteiger partial charge in [0.25, 0.3) is 0 Å². The predicted octanol–water partition coefficient (Wildman–Crippen LogP) is 2.53. The minimum Gasteiger partial charge on any atom is -0.481 e. The molecule has 5 nitrogen and oxygen atoms in total. The lowest BCUT2D eigenvalue weighted by molar-refractivity contribution is -0.136. The largest absolute Gasteiger partial charge is 0.481 e. The highest BCUT2D eigenvalue weighted by molar-refractivity contribution is 7.13. The summed E-state index contributed by atoms with van der Waals surface area (Å²) in [6, 6.07) is 0. The first kappa shape index (κ1) is 14.3. The minimum atomic E-state index is -0.781. The molecule has 2 heterocycles. The number of carbonyl (C=O) groups is 1. The van der Waals surface area contributed by atoms with Crippen molar-refractivity contribution in [3.8, 4) is 0 Å². The average molecular weight is 284 g/mol. The van der Waals surface area contributed by atoms with Gasteiger partial charge >= 0.3 is 5.97 Å². The molecule has 0 bridgehead atoms. The molecular formula is C13H20N2O3S. The van der Waals surface area contributed by atoms with Crippen LogP contribution in [0.2, 0.25) is 0 Å². The maximum absolute atomic E-state index is 10.5. The lowest BCUT2D eigenvalue weighted by Gasteiger charge is -2.22. The number of anilines is 1. The summed E-state index contributed by atoms with van der Waals surface area (Å²) in [5.41, 5.74) is 0.851. The molecule has 0 radical (unpaired) electrons. The first-order valence-corrected chi connectivity index (χ1v) is 7.63. The number of nitrogens with one attached hydrogen (secondary N) is 1. The van der Waals surface area contributed by atoms with Gasteiger partial charge in [-0.25, -0.2) is 4.98 Å². The van der Waals surface area contributed by atoms with Crippen LogP contribution in [0.1, 0.15) is 37.8 Å².